The summed E-state index contributed by atoms with van der Waals surface area (Å²) in [5, 5.41) is 0. The van der Waals surface area contributed by atoms with E-state index in [1.807, 2.05) is 0 Å². The topological polar surface area (TPSA) is 37.4 Å². The van der Waals surface area contributed by atoms with Crippen LogP contribution < -0.4 is 0 Å². The third-order valence-corrected chi connectivity index (χ3v) is 3.82. The second-order valence-electron chi connectivity index (χ2n) is 1.50. The fourth-order valence-electron chi connectivity index (χ4n) is 0.0976. The van der Waals surface area contributed by atoms with Crippen LogP contribution in [0.15, 0.2) is 0 Å². The van der Waals surface area contributed by atoms with Crippen LogP contribution in [0.1, 0.15) is 0 Å². The standard InChI is InChI=1S/C3H8BrNO2S/c1-5(2)8(6,7)3-4/h3H2,1-2H3. The van der Waals surface area contributed by atoms with Gasteiger partial charge in [-0.25, -0.2) is 12.7 Å². The Morgan fingerprint density at radius 1 is 1.50 bits per heavy atom. The molecule has 0 atom stereocenters. The molecule has 0 aliphatic carbocycles. The molecule has 0 aliphatic rings. The summed E-state index contributed by atoms with van der Waals surface area (Å²) >= 11 is 2.84. The maximum atomic E-state index is 10.6. The highest BCUT2D eigenvalue weighted by Gasteiger charge is 2.08. The number of hydrogen-bond donors (Lipinski definition) is 0. The first-order valence-corrected chi connectivity index (χ1v) is 4.70. The fraction of sp³-hybridized carbons (Fsp3) is 1.00. The van der Waals surface area contributed by atoms with Gasteiger partial charge < -0.3 is 0 Å². The SMILES string of the molecule is CN(C)S(=O)(=O)CBr. The minimum absolute atomic E-state index is 0.00694. The Hall–Kier alpha value is 0.390. The minimum atomic E-state index is -2.99. The number of rotatable bonds is 2. The lowest BCUT2D eigenvalue weighted by atomic mass is 11.3. The molecule has 8 heavy (non-hydrogen) atoms. The highest BCUT2D eigenvalue weighted by molar-refractivity contribution is 9.10. The molecule has 5 heteroatoms. The first-order chi connectivity index (χ1) is 3.50. The quantitative estimate of drug-likeness (QED) is 0.601. The Morgan fingerprint density at radius 3 is 1.88 bits per heavy atom. The first kappa shape index (κ1) is 8.39. The summed E-state index contributed by atoms with van der Waals surface area (Å²) in [6, 6.07) is 0. The average molecular weight is 202 g/mol. The van der Waals surface area contributed by atoms with Crippen molar-refractivity contribution in [1.29, 1.82) is 0 Å². The van der Waals surface area contributed by atoms with Crippen LogP contribution >= 0.6 is 15.9 Å². The Kier molecular flexibility index (Phi) is 2.93. The molecule has 0 rings (SSSR count). The number of nitrogens with zero attached hydrogens (tertiary/aromatic N) is 1. The van der Waals surface area contributed by atoms with Crippen LogP contribution in [0.25, 0.3) is 0 Å². The highest BCUT2D eigenvalue weighted by Crippen LogP contribution is 1.96. The fourth-order valence-corrected chi connectivity index (χ4v) is 1.52. The van der Waals surface area contributed by atoms with Gasteiger partial charge in [0.25, 0.3) is 0 Å². The van der Waals surface area contributed by atoms with E-state index in [-0.39, 0.29) is 4.66 Å². The van der Waals surface area contributed by atoms with Crippen molar-refractivity contribution < 1.29 is 8.42 Å². The molecule has 50 valence electrons. The van der Waals surface area contributed by atoms with Gasteiger partial charge in [0.15, 0.2) is 0 Å². The van der Waals surface area contributed by atoms with E-state index in [0.717, 1.165) is 0 Å². The minimum Gasteiger partial charge on any atom is -0.211 e. The van der Waals surface area contributed by atoms with Crippen molar-refractivity contribution in [2.24, 2.45) is 0 Å². The molecule has 0 radical (unpaired) electrons. The van der Waals surface area contributed by atoms with Crippen molar-refractivity contribution in [3.05, 3.63) is 0 Å². The van der Waals surface area contributed by atoms with Crippen LogP contribution in [-0.4, -0.2) is 31.5 Å². The number of alkyl halides is 1. The smallest absolute Gasteiger partial charge is 0.211 e. The third-order valence-electron chi connectivity index (χ3n) is 0.694. The Bertz CT molecular complexity index is 151. The molecule has 0 saturated carbocycles. The molecule has 0 aromatic heterocycles. The summed E-state index contributed by atoms with van der Waals surface area (Å²) in [7, 11) is 0.00713. The van der Waals surface area contributed by atoms with Crippen LogP contribution in [0.5, 0.6) is 0 Å². The van der Waals surface area contributed by atoms with Crippen LogP contribution in [0.4, 0.5) is 0 Å². The molecular weight excluding hydrogens is 194 g/mol. The van der Waals surface area contributed by atoms with Gasteiger partial charge in [-0.2, -0.15) is 0 Å². The van der Waals surface area contributed by atoms with Gasteiger partial charge in [-0.05, 0) is 0 Å². The zero-order valence-corrected chi connectivity index (χ0v) is 7.16. The lowest BCUT2D eigenvalue weighted by molar-refractivity contribution is 0.526. The summed E-state index contributed by atoms with van der Waals surface area (Å²) in [6.07, 6.45) is 0. The zero-order chi connectivity index (χ0) is 6.78. The number of hydrogen-bond acceptors (Lipinski definition) is 2. The molecule has 0 aliphatic heterocycles. The van der Waals surface area contributed by atoms with Crippen LogP contribution in [0.2, 0.25) is 0 Å². The molecule has 0 heterocycles. The highest BCUT2D eigenvalue weighted by atomic mass is 79.9. The normalized spacial score (nSPS) is 12.5. The van der Waals surface area contributed by atoms with E-state index in [4.69, 9.17) is 0 Å². The lowest BCUT2D eigenvalue weighted by Crippen LogP contribution is -2.22. The summed E-state index contributed by atoms with van der Waals surface area (Å²) in [6.45, 7) is 0. The predicted octanol–water partition coefficient (Wildman–Crippen LogP) is 0.230. The van der Waals surface area contributed by atoms with Gasteiger partial charge in [0.2, 0.25) is 10.0 Å². The Balaban J connectivity index is 4.17. The Morgan fingerprint density at radius 2 is 1.88 bits per heavy atom. The monoisotopic (exact) mass is 201 g/mol. The molecule has 0 unspecified atom stereocenters. The van der Waals surface area contributed by atoms with Crippen molar-refractivity contribution in [3.8, 4) is 0 Å². The van der Waals surface area contributed by atoms with Gasteiger partial charge in [-0.15, -0.1) is 0 Å². The van der Waals surface area contributed by atoms with Crippen molar-refractivity contribution in [1.82, 2.24) is 4.31 Å². The van der Waals surface area contributed by atoms with Gasteiger partial charge in [0.1, 0.15) is 4.66 Å². The van der Waals surface area contributed by atoms with E-state index in [1.54, 1.807) is 0 Å². The third kappa shape index (κ3) is 2.11. The molecule has 0 saturated heterocycles. The van der Waals surface area contributed by atoms with Crippen molar-refractivity contribution in [3.63, 3.8) is 0 Å². The number of halogens is 1. The van der Waals surface area contributed by atoms with E-state index in [2.05, 4.69) is 15.9 Å². The van der Waals surface area contributed by atoms with Crippen molar-refractivity contribution in [2.75, 3.05) is 18.8 Å². The van der Waals surface area contributed by atoms with E-state index in [1.165, 1.54) is 18.4 Å². The molecule has 0 N–H and O–H groups in total. The van der Waals surface area contributed by atoms with E-state index in [0.29, 0.717) is 0 Å². The average Bonchev–Trinajstić information content (AvgIpc) is 1.67. The zero-order valence-electron chi connectivity index (χ0n) is 4.76. The molecule has 0 bridgehead atoms. The molecule has 0 aromatic rings. The molecule has 0 spiro atoms. The molecule has 0 aromatic carbocycles. The van der Waals surface area contributed by atoms with E-state index < -0.39 is 10.0 Å². The predicted molar refractivity (Wildman–Crippen MR) is 36.4 cm³/mol. The van der Waals surface area contributed by atoms with Gasteiger partial charge >= 0.3 is 0 Å². The summed E-state index contributed by atoms with van der Waals surface area (Å²) in [5.41, 5.74) is 0. The molecule has 0 amide bonds. The number of sulfonamides is 1. The second-order valence-corrected chi connectivity index (χ2v) is 4.99. The molecular formula is C3H8BrNO2S. The van der Waals surface area contributed by atoms with Gasteiger partial charge in [-0.3, -0.25) is 0 Å². The Labute approximate surface area is 57.9 Å². The van der Waals surface area contributed by atoms with E-state index >= 15 is 0 Å². The first-order valence-electron chi connectivity index (χ1n) is 1.97. The van der Waals surface area contributed by atoms with Gasteiger partial charge in [0.05, 0.1) is 0 Å². The summed E-state index contributed by atoms with van der Waals surface area (Å²) < 4.78 is 22.3. The van der Waals surface area contributed by atoms with Gasteiger partial charge in [-0.1, -0.05) is 15.9 Å². The van der Waals surface area contributed by atoms with Crippen LogP contribution in [0, 0.1) is 0 Å². The summed E-state index contributed by atoms with van der Waals surface area (Å²) in [4.78, 5) is 0. The van der Waals surface area contributed by atoms with Crippen LogP contribution in [0.3, 0.4) is 0 Å². The maximum Gasteiger partial charge on any atom is 0.223 e. The van der Waals surface area contributed by atoms with Crippen LogP contribution in [-0.2, 0) is 10.0 Å². The molecule has 3 nitrogen and oxygen atoms in total. The van der Waals surface area contributed by atoms with Crippen molar-refractivity contribution in [2.45, 2.75) is 0 Å². The lowest BCUT2D eigenvalue weighted by Gasteiger charge is -2.06. The maximum absolute atomic E-state index is 10.6. The molecule has 0 fully saturated rings. The second kappa shape index (κ2) is 2.80. The largest absolute Gasteiger partial charge is 0.223 e. The van der Waals surface area contributed by atoms with E-state index in [9.17, 15) is 8.42 Å². The van der Waals surface area contributed by atoms with Gasteiger partial charge in [0, 0.05) is 14.1 Å². The van der Waals surface area contributed by atoms with Crippen molar-refractivity contribution >= 4 is 26.0 Å². The summed E-state index contributed by atoms with van der Waals surface area (Å²) in [5.74, 6) is 0.